The Bertz CT molecular complexity index is 1810. The van der Waals surface area contributed by atoms with Crippen LogP contribution in [0.2, 0.25) is 0 Å². The highest BCUT2D eigenvalue weighted by Crippen LogP contribution is 2.58. The summed E-state index contributed by atoms with van der Waals surface area (Å²) in [5.41, 5.74) is 3.94. The number of fused-ring (bicyclic) bond motifs is 4. The third kappa shape index (κ3) is 4.96. The predicted octanol–water partition coefficient (Wildman–Crippen LogP) is 4.85. The summed E-state index contributed by atoms with van der Waals surface area (Å²) >= 11 is 0. The Hall–Kier alpha value is -4.61. The molecule has 9 nitrogen and oxygen atoms in total. The fourth-order valence-corrected chi connectivity index (χ4v) is 7.55. The van der Waals surface area contributed by atoms with Crippen molar-refractivity contribution in [2.45, 2.75) is 50.1 Å². The van der Waals surface area contributed by atoms with E-state index in [9.17, 15) is 19.7 Å². The highest BCUT2D eigenvalue weighted by Gasteiger charge is 2.46. The molecule has 2 aliphatic heterocycles. The van der Waals surface area contributed by atoms with Crippen molar-refractivity contribution in [2.24, 2.45) is 5.92 Å². The van der Waals surface area contributed by atoms with E-state index in [1.165, 1.54) is 10.5 Å². The molecule has 1 amide bonds. The lowest BCUT2D eigenvalue weighted by atomic mass is 9.96. The fourth-order valence-electron chi connectivity index (χ4n) is 7.55. The maximum Gasteiger partial charge on any atom is 0.282 e. The lowest BCUT2D eigenvalue weighted by Gasteiger charge is -2.42. The molecule has 45 heavy (non-hydrogen) atoms. The molecule has 2 aliphatic carbocycles. The van der Waals surface area contributed by atoms with Crippen molar-refractivity contribution in [1.29, 1.82) is 10.5 Å². The second kappa shape index (κ2) is 11.4. The monoisotopic (exact) mass is 609 g/mol. The summed E-state index contributed by atoms with van der Waals surface area (Å²) in [4.78, 5) is 27.1. The summed E-state index contributed by atoms with van der Waals surface area (Å²) in [6.07, 6.45) is 5.58. The maximum atomic E-state index is 16.7. The lowest BCUT2D eigenvalue weighted by molar-refractivity contribution is -0.131. The van der Waals surface area contributed by atoms with Crippen molar-refractivity contribution in [2.75, 3.05) is 44.7 Å². The summed E-state index contributed by atoms with van der Waals surface area (Å²) in [6.45, 7) is 4.77. The largest absolute Gasteiger partial charge is 0.475 e. The molecule has 1 saturated carbocycles. The quantitative estimate of drug-likeness (QED) is 0.350. The minimum Gasteiger partial charge on any atom is -0.475 e. The molecule has 2 aromatic heterocycles. The molecule has 3 aromatic rings. The van der Waals surface area contributed by atoms with E-state index in [-0.39, 0.29) is 61.4 Å². The number of halogens is 2. The maximum absolute atomic E-state index is 16.7. The van der Waals surface area contributed by atoms with Crippen LogP contribution < -0.4 is 9.64 Å². The first-order valence-electron chi connectivity index (χ1n) is 15.4. The Morgan fingerprint density at radius 2 is 2.07 bits per heavy atom. The van der Waals surface area contributed by atoms with Crippen LogP contribution in [-0.2, 0) is 11.2 Å². The topological polar surface area (TPSA) is 109 Å². The standard InChI is InChI=1S/C34H33F2N7O2/c1-19(35)34(44)43-12-11-42(17-22(43)8-9-37)32-26(15-38)33(45-18-23-6-4-10-41(23)2)40-31-27(32)16-39-30(29(31)36)24-7-3-5-20-13-21-14-25(21)28(20)24/h3,5,7,16,21-23,25H,1,4,6,8,10-14,17-18H2,2H3/t21?,22-,23-,25?/m0/s1. The van der Waals surface area contributed by atoms with Gasteiger partial charge in [0.2, 0.25) is 5.88 Å². The number of piperazine rings is 1. The molecule has 0 bridgehead atoms. The van der Waals surface area contributed by atoms with E-state index < -0.39 is 23.6 Å². The number of nitriles is 2. The zero-order valence-electron chi connectivity index (χ0n) is 25.1. The van der Waals surface area contributed by atoms with Crippen LogP contribution in [0.5, 0.6) is 5.88 Å². The first-order chi connectivity index (χ1) is 21.8. The third-order valence-corrected chi connectivity index (χ3v) is 9.95. The van der Waals surface area contributed by atoms with Crippen LogP contribution >= 0.6 is 0 Å². The smallest absolute Gasteiger partial charge is 0.282 e. The minimum atomic E-state index is -1.10. The number of hydrogen-bond acceptors (Lipinski definition) is 8. The molecule has 11 heteroatoms. The van der Waals surface area contributed by atoms with Gasteiger partial charge in [-0.2, -0.15) is 10.5 Å². The Kier molecular flexibility index (Phi) is 7.37. The van der Waals surface area contributed by atoms with E-state index in [0.717, 1.165) is 43.4 Å². The van der Waals surface area contributed by atoms with E-state index in [2.05, 4.69) is 39.7 Å². The van der Waals surface area contributed by atoms with Crippen molar-refractivity contribution in [3.63, 3.8) is 0 Å². The van der Waals surface area contributed by atoms with Crippen LogP contribution in [0.25, 0.3) is 22.2 Å². The molecule has 2 saturated heterocycles. The molecule has 2 unspecified atom stereocenters. The average molecular weight is 610 g/mol. The summed E-state index contributed by atoms with van der Waals surface area (Å²) in [7, 11) is 2.02. The van der Waals surface area contributed by atoms with Crippen LogP contribution in [0.15, 0.2) is 36.8 Å². The van der Waals surface area contributed by atoms with Crippen molar-refractivity contribution in [1.82, 2.24) is 19.8 Å². The van der Waals surface area contributed by atoms with Gasteiger partial charge in [-0.15, -0.1) is 0 Å². The molecule has 4 heterocycles. The zero-order chi connectivity index (χ0) is 31.4. The minimum absolute atomic E-state index is 0.0318. The molecule has 4 aliphatic rings. The zero-order valence-corrected chi connectivity index (χ0v) is 25.1. The first kappa shape index (κ1) is 29.1. The Labute approximate surface area is 260 Å². The molecule has 0 N–H and O–H groups in total. The van der Waals surface area contributed by atoms with Gasteiger partial charge in [0.1, 0.15) is 29.5 Å². The van der Waals surface area contributed by atoms with Crippen LogP contribution in [-0.4, -0.2) is 77.6 Å². The number of anilines is 1. The van der Waals surface area contributed by atoms with Gasteiger partial charge in [0.05, 0.1) is 24.2 Å². The molecular weight excluding hydrogens is 576 g/mol. The number of nitrogens with zero attached hydrogens (tertiary/aromatic N) is 7. The fraction of sp³-hybridized carbons (Fsp3) is 0.441. The molecular formula is C34H33F2N7O2. The van der Waals surface area contributed by atoms with Gasteiger partial charge >= 0.3 is 0 Å². The van der Waals surface area contributed by atoms with Crippen molar-refractivity contribution in [3.8, 4) is 29.3 Å². The number of rotatable bonds is 7. The van der Waals surface area contributed by atoms with Gasteiger partial charge < -0.3 is 19.4 Å². The molecule has 230 valence electrons. The number of carbonyl (C=O) groups is 1. The second-order valence-corrected chi connectivity index (χ2v) is 12.6. The van der Waals surface area contributed by atoms with Crippen LogP contribution in [0.1, 0.15) is 48.3 Å². The highest BCUT2D eigenvalue weighted by molar-refractivity contribution is 5.98. The Morgan fingerprint density at radius 1 is 1.22 bits per heavy atom. The molecule has 1 aromatic carbocycles. The molecule has 3 fully saturated rings. The number of likely N-dealkylation sites (tertiary alicyclic amines) is 1. The Balaban J connectivity index is 1.35. The molecule has 7 rings (SSSR count). The summed E-state index contributed by atoms with van der Waals surface area (Å²) in [5, 5.41) is 20.3. The summed E-state index contributed by atoms with van der Waals surface area (Å²) in [5.74, 6) is -1.49. The number of hydrogen-bond donors (Lipinski definition) is 0. The van der Waals surface area contributed by atoms with E-state index in [4.69, 9.17) is 4.74 Å². The first-order valence-corrected chi connectivity index (χ1v) is 15.4. The van der Waals surface area contributed by atoms with Gasteiger partial charge in [-0.05, 0) is 62.2 Å². The number of ether oxygens (including phenoxy) is 1. The van der Waals surface area contributed by atoms with Gasteiger partial charge in [-0.3, -0.25) is 9.78 Å². The predicted molar refractivity (Wildman–Crippen MR) is 164 cm³/mol. The SMILES string of the molecule is C=C(F)C(=O)N1CCN(c2c(C#N)c(OC[C@@H]3CCCN3C)nc3c(F)c(-c4cccc5c4C4CC4C5)ncc23)C[C@@H]1CC#N. The number of amides is 1. The van der Waals surface area contributed by atoms with E-state index in [0.29, 0.717) is 22.9 Å². The van der Waals surface area contributed by atoms with Crippen molar-refractivity contribution < 1.29 is 18.3 Å². The van der Waals surface area contributed by atoms with Gasteiger partial charge in [-0.1, -0.05) is 24.8 Å². The van der Waals surface area contributed by atoms with Crippen molar-refractivity contribution in [3.05, 3.63) is 59.3 Å². The van der Waals surface area contributed by atoms with E-state index in [1.807, 2.05) is 24.1 Å². The van der Waals surface area contributed by atoms with Gasteiger partial charge in [0, 0.05) is 42.8 Å². The van der Waals surface area contributed by atoms with Crippen LogP contribution in [0.4, 0.5) is 14.5 Å². The van der Waals surface area contributed by atoms with E-state index in [1.54, 1.807) is 6.20 Å². The second-order valence-electron chi connectivity index (χ2n) is 12.6. The average Bonchev–Trinajstić information content (AvgIpc) is 3.51. The highest BCUT2D eigenvalue weighted by atomic mass is 19.1. The van der Waals surface area contributed by atoms with Crippen LogP contribution in [0, 0.1) is 34.4 Å². The molecule has 4 atom stereocenters. The van der Waals surface area contributed by atoms with Gasteiger partial charge in [0.25, 0.3) is 5.91 Å². The van der Waals surface area contributed by atoms with E-state index >= 15 is 4.39 Å². The lowest BCUT2D eigenvalue weighted by Crippen LogP contribution is -2.55. The van der Waals surface area contributed by atoms with Gasteiger partial charge in [0.15, 0.2) is 11.6 Å². The van der Waals surface area contributed by atoms with Gasteiger partial charge in [-0.25, -0.2) is 13.8 Å². The number of carbonyl (C=O) groups excluding carboxylic acids is 1. The normalized spacial score (nSPS) is 23.8. The molecule has 0 spiro atoms. The summed E-state index contributed by atoms with van der Waals surface area (Å²) in [6, 6.07) is 9.73. The number of benzene rings is 1. The van der Waals surface area contributed by atoms with Crippen molar-refractivity contribution >= 4 is 22.5 Å². The Morgan fingerprint density at radius 3 is 2.80 bits per heavy atom. The van der Waals surface area contributed by atoms with Crippen LogP contribution in [0.3, 0.4) is 0 Å². The summed E-state index contributed by atoms with van der Waals surface area (Å²) < 4.78 is 36.8. The number of aromatic nitrogens is 2. The number of pyridine rings is 2. The number of likely N-dealkylation sites (N-methyl/N-ethyl adjacent to an activating group) is 1. The molecule has 0 radical (unpaired) electrons. The third-order valence-electron chi connectivity index (χ3n) is 9.95.